The van der Waals surface area contributed by atoms with Gasteiger partial charge in [-0.05, 0) is 48.6 Å². The molecule has 0 aromatic heterocycles. The van der Waals surface area contributed by atoms with E-state index < -0.39 is 12.0 Å². The van der Waals surface area contributed by atoms with Crippen LogP contribution < -0.4 is 10.6 Å². The van der Waals surface area contributed by atoms with Crippen LogP contribution in [0.1, 0.15) is 68.7 Å². The Morgan fingerprint density at radius 2 is 1.65 bits per heavy atom. The molecule has 2 N–H and O–H groups in total. The van der Waals surface area contributed by atoms with E-state index in [2.05, 4.69) is 17.6 Å². The third-order valence-corrected chi connectivity index (χ3v) is 7.02. The van der Waals surface area contributed by atoms with Gasteiger partial charge in [-0.3, -0.25) is 9.69 Å². The number of benzene rings is 3. The van der Waals surface area contributed by atoms with E-state index in [1.165, 1.54) is 0 Å². The molecule has 7 nitrogen and oxygen atoms in total. The van der Waals surface area contributed by atoms with Gasteiger partial charge in [0, 0.05) is 12.2 Å². The van der Waals surface area contributed by atoms with Crippen LogP contribution in [-0.2, 0) is 14.3 Å². The first-order valence-corrected chi connectivity index (χ1v) is 14.0. The summed E-state index contributed by atoms with van der Waals surface area (Å²) < 4.78 is 5.52. The van der Waals surface area contributed by atoms with E-state index >= 15 is 0 Å². The third-order valence-electron chi connectivity index (χ3n) is 7.02. The molecule has 1 aliphatic rings. The van der Waals surface area contributed by atoms with Gasteiger partial charge in [-0.15, -0.1) is 0 Å². The van der Waals surface area contributed by atoms with Crippen LogP contribution >= 0.6 is 0 Å². The predicted octanol–water partition coefficient (Wildman–Crippen LogP) is 6.66. The van der Waals surface area contributed by atoms with Gasteiger partial charge in [-0.2, -0.15) is 0 Å². The van der Waals surface area contributed by atoms with Crippen LogP contribution in [0.2, 0.25) is 0 Å². The summed E-state index contributed by atoms with van der Waals surface area (Å²) in [6.07, 6.45) is 2.33. The molecule has 4 rings (SSSR count). The lowest BCUT2D eigenvalue weighted by Gasteiger charge is -2.37. The molecule has 208 valence electrons. The number of nitrogens with one attached hydrogen (secondary N) is 2. The van der Waals surface area contributed by atoms with Gasteiger partial charge in [0.2, 0.25) is 5.91 Å². The number of hydrogen-bond acceptors (Lipinski definition) is 4. The molecule has 7 heteroatoms. The van der Waals surface area contributed by atoms with E-state index in [9.17, 15) is 14.4 Å². The standard InChI is InChI=1S/C33H37N3O4/c1-4-7-21-36-30(24-17-12-9-13-18-24)28(32(38)40-6-3)29(35-33(36)39)25-19-14-20-26(22-25)34-31(37)27(5-2)23-15-10-8-11-16-23/h8-20,22,27,29H,4-7,21H2,1-3H3,(H,34,37)(H,35,39)/t27-,29+/m1/s1. The fourth-order valence-electron chi connectivity index (χ4n) is 5.05. The monoisotopic (exact) mass is 539 g/mol. The Balaban J connectivity index is 1.75. The SMILES string of the molecule is CCCCN1C(=O)N[C@@H](c2cccc(NC(=O)[C@H](CC)c3ccccc3)c2)C(C(=O)OCC)=C1c1ccccc1. The Morgan fingerprint density at radius 1 is 0.950 bits per heavy atom. The number of amides is 3. The van der Waals surface area contributed by atoms with Crippen LogP contribution in [0.5, 0.6) is 0 Å². The number of ether oxygens (including phenoxy) is 1. The minimum atomic E-state index is -0.757. The number of unbranched alkanes of at least 4 members (excludes halogenated alkanes) is 1. The van der Waals surface area contributed by atoms with E-state index in [4.69, 9.17) is 4.74 Å². The van der Waals surface area contributed by atoms with Crippen molar-refractivity contribution < 1.29 is 19.1 Å². The number of anilines is 1. The quantitative estimate of drug-likeness (QED) is 0.267. The molecule has 0 unspecified atom stereocenters. The second-order valence-electron chi connectivity index (χ2n) is 9.72. The average molecular weight is 540 g/mol. The molecule has 0 fully saturated rings. The summed E-state index contributed by atoms with van der Waals surface area (Å²) in [5, 5.41) is 6.07. The van der Waals surface area contributed by atoms with Gasteiger partial charge < -0.3 is 15.4 Å². The third kappa shape index (κ3) is 6.42. The maximum Gasteiger partial charge on any atom is 0.338 e. The molecule has 0 saturated heterocycles. The molecule has 0 bridgehead atoms. The van der Waals surface area contributed by atoms with Crippen molar-refractivity contribution in [3.8, 4) is 0 Å². The molecule has 0 aliphatic carbocycles. The maximum absolute atomic E-state index is 13.5. The molecule has 1 aliphatic heterocycles. The Kier molecular flexibility index (Phi) is 9.73. The van der Waals surface area contributed by atoms with Gasteiger partial charge in [0.05, 0.1) is 29.8 Å². The van der Waals surface area contributed by atoms with Gasteiger partial charge in [-0.25, -0.2) is 9.59 Å². The summed E-state index contributed by atoms with van der Waals surface area (Å²) in [5.74, 6) is -0.904. The van der Waals surface area contributed by atoms with Crippen molar-refractivity contribution in [3.05, 3.63) is 107 Å². The van der Waals surface area contributed by atoms with Gasteiger partial charge in [0.15, 0.2) is 0 Å². The molecule has 2 atom stereocenters. The summed E-state index contributed by atoms with van der Waals surface area (Å²) in [4.78, 5) is 41.9. The highest BCUT2D eigenvalue weighted by Gasteiger charge is 2.38. The van der Waals surface area contributed by atoms with Crippen molar-refractivity contribution in [2.24, 2.45) is 0 Å². The fraction of sp³-hybridized carbons (Fsp3) is 0.303. The summed E-state index contributed by atoms with van der Waals surface area (Å²) in [5.41, 5.74) is 3.88. The summed E-state index contributed by atoms with van der Waals surface area (Å²) >= 11 is 0. The zero-order valence-corrected chi connectivity index (χ0v) is 23.4. The molecule has 3 amide bonds. The van der Waals surface area contributed by atoms with Crippen LogP contribution in [0.15, 0.2) is 90.5 Å². The van der Waals surface area contributed by atoms with Crippen molar-refractivity contribution in [3.63, 3.8) is 0 Å². The number of esters is 1. The number of urea groups is 1. The van der Waals surface area contributed by atoms with Crippen molar-refractivity contribution in [2.45, 2.75) is 52.0 Å². The van der Waals surface area contributed by atoms with E-state index in [0.717, 1.165) is 24.0 Å². The second kappa shape index (κ2) is 13.6. The van der Waals surface area contributed by atoms with Crippen LogP contribution in [0.3, 0.4) is 0 Å². The number of carbonyl (C=O) groups is 3. The lowest BCUT2D eigenvalue weighted by molar-refractivity contribution is -0.139. The fourth-order valence-corrected chi connectivity index (χ4v) is 5.05. The van der Waals surface area contributed by atoms with Gasteiger partial charge in [0.25, 0.3) is 0 Å². The van der Waals surface area contributed by atoms with Gasteiger partial charge in [0.1, 0.15) is 0 Å². The number of hydrogen-bond donors (Lipinski definition) is 2. The van der Waals surface area contributed by atoms with Crippen molar-refractivity contribution in [1.82, 2.24) is 10.2 Å². The molecule has 0 saturated carbocycles. The van der Waals surface area contributed by atoms with E-state index in [0.29, 0.717) is 35.5 Å². The smallest absolute Gasteiger partial charge is 0.338 e. The number of carbonyl (C=O) groups excluding carboxylic acids is 3. The van der Waals surface area contributed by atoms with Crippen molar-refractivity contribution in [1.29, 1.82) is 0 Å². The van der Waals surface area contributed by atoms with Crippen LogP contribution in [0, 0.1) is 0 Å². The van der Waals surface area contributed by atoms with E-state index in [-0.39, 0.29) is 24.5 Å². The molecule has 40 heavy (non-hydrogen) atoms. The minimum Gasteiger partial charge on any atom is -0.463 e. The molecule has 0 radical (unpaired) electrons. The van der Waals surface area contributed by atoms with E-state index in [1.54, 1.807) is 11.8 Å². The summed E-state index contributed by atoms with van der Waals surface area (Å²) in [6, 6.07) is 25.4. The first-order valence-electron chi connectivity index (χ1n) is 14.0. The first kappa shape index (κ1) is 28.6. The average Bonchev–Trinajstić information content (AvgIpc) is 2.97. The van der Waals surface area contributed by atoms with Crippen LogP contribution in [0.4, 0.5) is 10.5 Å². The Hall–Kier alpha value is -4.39. The summed E-state index contributed by atoms with van der Waals surface area (Å²) in [6.45, 7) is 6.48. The molecule has 3 aromatic carbocycles. The van der Waals surface area contributed by atoms with Crippen molar-refractivity contribution >= 4 is 29.3 Å². The highest BCUT2D eigenvalue weighted by atomic mass is 16.5. The van der Waals surface area contributed by atoms with Gasteiger partial charge in [-0.1, -0.05) is 93.1 Å². The highest BCUT2D eigenvalue weighted by molar-refractivity contribution is 6.05. The van der Waals surface area contributed by atoms with E-state index in [1.807, 2.05) is 91.9 Å². The normalized spacial score (nSPS) is 15.8. The Morgan fingerprint density at radius 3 is 2.30 bits per heavy atom. The Labute approximate surface area is 236 Å². The van der Waals surface area contributed by atoms with Crippen LogP contribution in [0.25, 0.3) is 5.70 Å². The number of nitrogens with zero attached hydrogens (tertiary/aromatic N) is 1. The minimum absolute atomic E-state index is 0.115. The summed E-state index contributed by atoms with van der Waals surface area (Å²) in [7, 11) is 0. The second-order valence-corrected chi connectivity index (χ2v) is 9.72. The number of rotatable bonds is 11. The largest absolute Gasteiger partial charge is 0.463 e. The molecular formula is C33H37N3O4. The lowest BCUT2D eigenvalue weighted by Crippen LogP contribution is -2.48. The van der Waals surface area contributed by atoms with Gasteiger partial charge >= 0.3 is 12.0 Å². The molecule has 1 heterocycles. The zero-order valence-electron chi connectivity index (χ0n) is 23.4. The highest BCUT2D eigenvalue weighted by Crippen LogP contribution is 2.37. The maximum atomic E-state index is 13.5. The predicted molar refractivity (Wildman–Crippen MR) is 157 cm³/mol. The van der Waals surface area contributed by atoms with Crippen LogP contribution in [-0.4, -0.2) is 36.0 Å². The molecular weight excluding hydrogens is 502 g/mol. The lowest BCUT2D eigenvalue weighted by atomic mass is 9.91. The first-order chi connectivity index (χ1) is 19.5. The van der Waals surface area contributed by atoms with Crippen molar-refractivity contribution in [2.75, 3.05) is 18.5 Å². The zero-order chi connectivity index (χ0) is 28.5. The Bertz CT molecular complexity index is 1350. The molecule has 0 spiro atoms. The molecule has 3 aromatic rings. The topological polar surface area (TPSA) is 87.7 Å².